The van der Waals surface area contributed by atoms with Crippen LogP contribution in [0.2, 0.25) is 0 Å². The molecule has 0 spiro atoms. The Bertz CT molecular complexity index is 386. The number of aryl methyl sites for hydroxylation is 1. The molecule has 74 valence electrons. The zero-order chi connectivity index (χ0) is 9.97. The Hall–Kier alpha value is -0.850. The van der Waals surface area contributed by atoms with Gasteiger partial charge in [0.15, 0.2) is 0 Å². The van der Waals surface area contributed by atoms with Gasteiger partial charge in [-0.1, -0.05) is 19.1 Å². The van der Waals surface area contributed by atoms with Crippen LogP contribution in [0.15, 0.2) is 18.2 Å². The third-order valence-corrected chi connectivity index (χ3v) is 4.08. The highest BCUT2D eigenvalue weighted by molar-refractivity contribution is 5.39. The van der Waals surface area contributed by atoms with Crippen molar-refractivity contribution in [2.24, 2.45) is 5.41 Å². The van der Waals surface area contributed by atoms with Gasteiger partial charge in [0, 0.05) is 0 Å². The molecule has 3 aliphatic rings. The summed E-state index contributed by atoms with van der Waals surface area (Å²) in [4.78, 5) is 0. The molecule has 0 heterocycles. The second kappa shape index (κ2) is 2.21. The zero-order valence-corrected chi connectivity index (χ0v) is 8.73. The first-order chi connectivity index (χ1) is 6.53. The zero-order valence-electron chi connectivity index (χ0n) is 8.73. The van der Waals surface area contributed by atoms with E-state index >= 15 is 0 Å². The van der Waals surface area contributed by atoms with Crippen LogP contribution in [-0.4, -0.2) is 0 Å². The standard InChI is InChI=1S/C13H15F/c1-9-3-4-10(5-11(9)14)13-6-12(2,7-13)8-13/h3-5H,6-8H2,1-2H3. The maximum atomic E-state index is 13.4. The summed E-state index contributed by atoms with van der Waals surface area (Å²) in [7, 11) is 0. The second-order valence-electron chi connectivity index (χ2n) is 5.59. The van der Waals surface area contributed by atoms with Crippen LogP contribution in [0.5, 0.6) is 0 Å². The van der Waals surface area contributed by atoms with Crippen molar-refractivity contribution in [1.29, 1.82) is 0 Å². The summed E-state index contributed by atoms with van der Waals surface area (Å²) in [5, 5.41) is 0. The van der Waals surface area contributed by atoms with Crippen LogP contribution in [-0.2, 0) is 5.41 Å². The van der Waals surface area contributed by atoms with Gasteiger partial charge in [0.05, 0.1) is 0 Å². The lowest BCUT2D eigenvalue weighted by atomic mass is 9.34. The lowest BCUT2D eigenvalue weighted by molar-refractivity contribution is -0.125. The Morgan fingerprint density at radius 1 is 1.21 bits per heavy atom. The van der Waals surface area contributed by atoms with Crippen molar-refractivity contribution < 1.29 is 4.39 Å². The smallest absolute Gasteiger partial charge is 0.126 e. The van der Waals surface area contributed by atoms with Crippen LogP contribution >= 0.6 is 0 Å². The van der Waals surface area contributed by atoms with Gasteiger partial charge in [0.1, 0.15) is 5.82 Å². The van der Waals surface area contributed by atoms with E-state index in [1.807, 2.05) is 13.0 Å². The van der Waals surface area contributed by atoms with E-state index in [9.17, 15) is 4.39 Å². The van der Waals surface area contributed by atoms with E-state index in [0.29, 0.717) is 10.8 Å². The van der Waals surface area contributed by atoms with E-state index < -0.39 is 0 Å². The summed E-state index contributed by atoms with van der Waals surface area (Å²) < 4.78 is 13.4. The van der Waals surface area contributed by atoms with Crippen molar-refractivity contribution in [3.05, 3.63) is 35.1 Å². The summed E-state index contributed by atoms with van der Waals surface area (Å²) in [5.41, 5.74) is 2.95. The molecule has 0 saturated heterocycles. The number of hydrogen-bond donors (Lipinski definition) is 0. The van der Waals surface area contributed by atoms with Crippen molar-refractivity contribution in [3.8, 4) is 0 Å². The topological polar surface area (TPSA) is 0 Å². The average molecular weight is 190 g/mol. The third-order valence-electron chi connectivity index (χ3n) is 4.08. The highest BCUT2D eigenvalue weighted by atomic mass is 19.1. The van der Waals surface area contributed by atoms with Gasteiger partial charge in [-0.3, -0.25) is 0 Å². The molecule has 2 bridgehead atoms. The Labute approximate surface area is 84.1 Å². The van der Waals surface area contributed by atoms with E-state index in [4.69, 9.17) is 0 Å². The molecule has 1 heteroatoms. The summed E-state index contributed by atoms with van der Waals surface area (Å²) in [6.45, 7) is 4.15. The minimum atomic E-state index is -0.0441. The molecule has 4 rings (SSSR count). The van der Waals surface area contributed by atoms with Gasteiger partial charge >= 0.3 is 0 Å². The fraction of sp³-hybridized carbons (Fsp3) is 0.538. The molecule has 0 N–H and O–H groups in total. The molecule has 0 nitrogen and oxygen atoms in total. The minimum Gasteiger partial charge on any atom is -0.207 e. The second-order valence-corrected chi connectivity index (χ2v) is 5.59. The molecule has 14 heavy (non-hydrogen) atoms. The Morgan fingerprint density at radius 3 is 2.36 bits per heavy atom. The maximum absolute atomic E-state index is 13.4. The molecule has 0 radical (unpaired) electrons. The fourth-order valence-electron chi connectivity index (χ4n) is 3.52. The summed E-state index contributed by atoms with van der Waals surface area (Å²) in [5.74, 6) is -0.0441. The van der Waals surface area contributed by atoms with Crippen molar-refractivity contribution in [1.82, 2.24) is 0 Å². The van der Waals surface area contributed by atoms with Crippen LogP contribution in [0.1, 0.15) is 37.3 Å². The van der Waals surface area contributed by atoms with Gasteiger partial charge in [-0.05, 0) is 54.2 Å². The molecule has 3 aliphatic carbocycles. The Morgan fingerprint density at radius 2 is 1.86 bits per heavy atom. The van der Waals surface area contributed by atoms with E-state index in [1.165, 1.54) is 24.8 Å². The Balaban J connectivity index is 1.95. The summed E-state index contributed by atoms with van der Waals surface area (Å²) in [6, 6.07) is 5.76. The molecule has 1 aromatic rings. The average Bonchev–Trinajstić information content (AvgIpc) is 2.03. The quantitative estimate of drug-likeness (QED) is 0.635. The first-order valence-electron chi connectivity index (χ1n) is 5.30. The van der Waals surface area contributed by atoms with Crippen LogP contribution in [0.25, 0.3) is 0 Å². The van der Waals surface area contributed by atoms with E-state index in [-0.39, 0.29) is 5.82 Å². The number of benzene rings is 1. The predicted molar refractivity (Wildman–Crippen MR) is 54.8 cm³/mol. The maximum Gasteiger partial charge on any atom is 0.126 e. The van der Waals surface area contributed by atoms with Crippen LogP contribution < -0.4 is 0 Å². The van der Waals surface area contributed by atoms with E-state index in [1.54, 1.807) is 6.07 Å². The molecule has 1 aromatic carbocycles. The number of hydrogen-bond acceptors (Lipinski definition) is 0. The van der Waals surface area contributed by atoms with Gasteiger partial charge in [-0.2, -0.15) is 0 Å². The first kappa shape index (κ1) is 8.46. The number of halogens is 1. The molecule has 0 aliphatic heterocycles. The SMILES string of the molecule is Cc1ccc(C23CC(C)(C2)C3)cc1F. The van der Waals surface area contributed by atoms with Gasteiger partial charge in [-0.25, -0.2) is 4.39 Å². The first-order valence-corrected chi connectivity index (χ1v) is 5.30. The molecular weight excluding hydrogens is 175 g/mol. The molecule has 0 unspecified atom stereocenters. The van der Waals surface area contributed by atoms with E-state index in [2.05, 4.69) is 13.0 Å². The van der Waals surface area contributed by atoms with Gasteiger partial charge in [0.25, 0.3) is 0 Å². The molecular formula is C13H15F. The van der Waals surface area contributed by atoms with Gasteiger partial charge in [0.2, 0.25) is 0 Å². The summed E-state index contributed by atoms with van der Waals surface area (Å²) >= 11 is 0. The molecule has 3 saturated carbocycles. The van der Waals surface area contributed by atoms with Crippen molar-refractivity contribution >= 4 is 0 Å². The monoisotopic (exact) mass is 190 g/mol. The predicted octanol–water partition coefficient (Wildman–Crippen LogP) is 3.58. The fourth-order valence-corrected chi connectivity index (χ4v) is 3.52. The van der Waals surface area contributed by atoms with Crippen LogP contribution in [0, 0.1) is 18.2 Å². The molecule has 0 aromatic heterocycles. The molecule has 0 atom stereocenters. The van der Waals surface area contributed by atoms with Crippen molar-refractivity contribution in [2.45, 2.75) is 38.5 Å². The highest BCUT2D eigenvalue weighted by Crippen LogP contribution is 2.73. The van der Waals surface area contributed by atoms with Crippen LogP contribution in [0.4, 0.5) is 4.39 Å². The van der Waals surface area contributed by atoms with Gasteiger partial charge < -0.3 is 0 Å². The largest absolute Gasteiger partial charge is 0.207 e. The number of rotatable bonds is 1. The lowest BCUT2D eigenvalue weighted by Gasteiger charge is -2.70. The van der Waals surface area contributed by atoms with Crippen LogP contribution in [0.3, 0.4) is 0 Å². The van der Waals surface area contributed by atoms with Crippen molar-refractivity contribution in [3.63, 3.8) is 0 Å². The minimum absolute atomic E-state index is 0.0441. The Kier molecular flexibility index (Phi) is 1.33. The van der Waals surface area contributed by atoms with Crippen molar-refractivity contribution in [2.75, 3.05) is 0 Å². The molecule has 3 fully saturated rings. The lowest BCUT2D eigenvalue weighted by Crippen LogP contribution is -2.62. The van der Waals surface area contributed by atoms with E-state index in [0.717, 1.165) is 5.56 Å². The highest BCUT2D eigenvalue weighted by Gasteiger charge is 2.65. The molecule has 0 amide bonds. The van der Waals surface area contributed by atoms with Gasteiger partial charge in [-0.15, -0.1) is 0 Å². The summed E-state index contributed by atoms with van der Waals surface area (Å²) in [6.07, 6.45) is 3.80. The normalized spacial score (nSPS) is 38.8. The third kappa shape index (κ3) is 0.879.